The number of hydrogen-bond donors (Lipinski definition) is 2. The standard InChI is InChI=1S/C21H28N2O2/c1-5-16-7-9-17(10-8-16)15(3)22-21(24)23-20(6-2)18-11-13-19(25-4)14-12-18/h7-15,20H,5-6H2,1-4H3,(H2,22,23,24). The van der Waals surface area contributed by atoms with Crippen LogP contribution < -0.4 is 15.4 Å². The van der Waals surface area contributed by atoms with Crippen LogP contribution in [-0.4, -0.2) is 13.1 Å². The van der Waals surface area contributed by atoms with E-state index in [0.29, 0.717) is 0 Å². The summed E-state index contributed by atoms with van der Waals surface area (Å²) >= 11 is 0. The predicted octanol–water partition coefficient (Wildman–Crippen LogP) is 4.77. The molecule has 2 unspecified atom stereocenters. The van der Waals surface area contributed by atoms with Gasteiger partial charge < -0.3 is 15.4 Å². The second-order valence-corrected chi connectivity index (χ2v) is 6.17. The number of rotatable bonds is 7. The monoisotopic (exact) mass is 340 g/mol. The Kier molecular flexibility index (Phi) is 6.87. The van der Waals surface area contributed by atoms with Gasteiger partial charge in [-0.3, -0.25) is 0 Å². The van der Waals surface area contributed by atoms with Crippen LogP contribution in [0.25, 0.3) is 0 Å². The van der Waals surface area contributed by atoms with Crippen molar-refractivity contribution in [1.82, 2.24) is 10.6 Å². The van der Waals surface area contributed by atoms with Crippen LogP contribution in [0.4, 0.5) is 4.79 Å². The van der Waals surface area contributed by atoms with E-state index in [2.05, 4.69) is 48.7 Å². The quantitative estimate of drug-likeness (QED) is 0.763. The average Bonchev–Trinajstić information content (AvgIpc) is 2.66. The van der Waals surface area contributed by atoms with E-state index in [1.165, 1.54) is 5.56 Å². The second kappa shape index (κ2) is 9.11. The molecule has 4 heteroatoms. The lowest BCUT2D eigenvalue weighted by Crippen LogP contribution is -2.39. The van der Waals surface area contributed by atoms with Gasteiger partial charge >= 0.3 is 6.03 Å². The van der Waals surface area contributed by atoms with Crippen molar-refractivity contribution >= 4 is 6.03 Å². The van der Waals surface area contributed by atoms with Crippen molar-refractivity contribution in [2.24, 2.45) is 0 Å². The van der Waals surface area contributed by atoms with Gasteiger partial charge in [0.25, 0.3) is 0 Å². The van der Waals surface area contributed by atoms with Gasteiger partial charge in [0, 0.05) is 0 Å². The maximum absolute atomic E-state index is 12.4. The highest BCUT2D eigenvalue weighted by Crippen LogP contribution is 2.20. The lowest BCUT2D eigenvalue weighted by Gasteiger charge is -2.21. The molecule has 0 fully saturated rings. The third kappa shape index (κ3) is 5.24. The Labute approximate surface area is 150 Å². The van der Waals surface area contributed by atoms with E-state index in [1.807, 2.05) is 31.2 Å². The first-order valence-electron chi connectivity index (χ1n) is 8.87. The van der Waals surface area contributed by atoms with Crippen LogP contribution in [-0.2, 0) is 6.42 Å². The summed E-state index contributed by atoms with van der Waals surface area (Å²) in [6, 6.07) is 15.9. The molecule has 2 atom stereocenters. The molecule has 25 heavy (non-hydrogen) atoms. The number of methoxy groups -OCH3 is 1. The molecule has 2 aromatic rings. The molecule has 134 valence electrons. The number of urea groups is 1. The first-order valence-corrected chi connectivity index (χ1v) is 8.87. The van der Waals surface area contributed by atoms with Gasteiger partial charge in [-0.2, -0.15) is 0 Å². The highest BCUT2D eigenvalue weighted by Gasteiger charge is 2.15. The summed E-state index contributed by atoms with van der Waals surface area (Å²) in [6.07, 6.45) is 1.84. The number of carbonyl (C=O) groups is 1. The zero-order valence-electron chi connectivity index (χ0n) is 15.5. The summed E-state index contributed by atoms with van der Waals surface area (Å²) in [4.78, 5) is 12.4. The Morgan fingerprint density at radius 2 is 1.56 bits per heavy atom. The van der Waals surface area contributed by atoms with Crippen LogP contribution in [0, 0.1) is 0 Å². The molecule has 2 rings (SSSR count). The fraction of sp³-hybridized carbons (Fsp3) is 0.381. The molecule has 0 radical (unpaired) electrons. The van der Waals surface area contributed by atoms with Crippen LogP contribution in [0.1, 0.15) is 56.0 Å². The number of hydrogen-bond acceptors (Lipinski definition) is 2. The summed E-state index contributed by atoms with van der Waals surface area (Å²) in [5.74, 6) is 0.812. The van der Waals surface area contributed by atoms with Crippen molar-refractivity contribution in [3.63, 3.8) is 0 Å². The van der Waals surface area contributed by atoms with Crippen LogP contribution in [0.2, 0.25) is 0 Å². The van der Waals surface area contributed by atoms with Gasteiger partial charge in [-0.25, -0.2) is 4.79 Å². The smallest absolute Gasteiger partial charge is 0.315 e. The average molecular weight is 340 g/mol. The van der Waals surface area contributed by atoms with Gasteiger partial charge in [0.15, 0.2) is 0 Å². The summed E-state index contributed by atoms with van der Waals surface area (Å²) in [6.45, 7) is 6.19. The summed E-state index contributed by atoms with van der Waals surface area (Å²) in [5, 5.41) is 6.07. The Morgan fingerprint density at radius 3 is 2.08 bits per heavy atom. The van der Waals surface area contributed by atoms with E-state index in [-0.39, 0.29) is 18.1 Å². The van der Waals surface area contributed by atoms with E-state index in [1.54, 1.807) is 7.11 Å². The van der Waals surface area contributed by atoms with Crippen molar-refractivity contribution in [2.45, 2.75) is 45.7 Å². The first kappa shape index (κ1) is 18.8. The molecule has 0 aromatic heterocycles. The minimum absolute atomic E-state index is 0.0272. The SMILES string of the molecule is CCc1ccc(C(C)NC(=O)NC(CC)c2ccc(OC)cc2)cc1. The second-order valence-electron chi connectivity index (χ2n) is 6.17. The molecule has 0 aliphatic heterocycles. The van der Waals surface area contributed by atoms with Crippen molar-refractivity contribution in [2.75, 3.05) is 7.11 Å². The van der Waals surface area contributed by atoms with E-state index in [0.717, 1.165) is 29.7 Å². The van der Waals surface area contributed by atoms with Gasteiger partial charge in [-0.05, 0) is 48.6 Å². The van der Waals surface area contributed by atoms with E-state index in [4.69, 9.17) is 4.74 Å². The van der Waals surface area contributed by atoms with Crippen LogP contribution >= 0.6 is 0 Å². The van der Waals surface area contributed by atoms with Gasteiger partial charge in [0.2, 0.25) is 0 Å². The zero-order chi connectivity index (χ0) is 18.2. The topological polar surface area (TPSA) is 50.4 Å². The summed E-state index contributed by atoms with van der Waals surface area (Å²) < 4.78 is 5.18. The minimum Gasteiger partial charge on any atom is -0.497 e. The highest BCUT2D eigenvalue weighted by atomic mass is 16.5. The van der Waals surface area contributed by atoms with Gasteiger partial charge in [-0.1, -0.05) is 50.2 Å². The number of ether oxygens (including phenoxy) is 1. The number of carbonyl (C=O) groups excluding carboxylic acids is 1. The Morgan fingerprint density at radius 1 is 0.960 bits per heavy atom. The van der Waals surface area contributed by atoms with Crippen LogP contribution in [0.15, 0.2) is 48.5 Å². The summed E-state index contributed by atoms with van der Waals surface area (Å²) in [7, 11) is 1.65. The molecule has 0 aliphatic carbocycles. The molecular formula is C21H28N2O2. The van der Waals surface area contributed by atoms with E-state index in [9.17, 15) is 4.79 Å². The van der Waals surface area contributed by atoms with Crippen molar-refractivity contribution in [1.29, 1.82) is 0 Å². The van der Waals surface area contributed by atoms with Crippen LogP contribution in [0.5, 0.6) is 5.75 Å². The summed E-state index contributed by atoms with van der Waals surface area (Å²) in [5.41, 5.74) is 3.47. The molecule has 0 heterocycles. The van der Waals surface area contributed by atoms with Gasteiger partial charge in [0.05, 0.1) is 19.2 Å². The molecular weight excluding hydrogens is 312 g/mol. The van der Waals surface area contributed by atoms with Crippen molar-refractivity contribution < 1.29 is 9.53 Å². The molecule has 0 aliphatic rings. The number of amides is 2. The van der Waals surface area contributed by atoms with E-state index >= 15 is 0 Å². The first-order chi connectivity index (χ1) is 12.1. The highest BCUT2D eigenvalue weighted by molar-refractivity contribution is 5.75. The Bertz CT molecular complexity index is 665. The normalized spacial score (nSPS) is 13.0. The van der Waals surface area contributed by atoms with Crippen molar-refractivity contribution in [3.05, 3.63) is 65.2 Å². The minimum atomic E-state index is -0.158. The maximum Gasteiger partial charge on any atom is 0.315 e. The van der Waals surface area contributed by atoms with Crippen LogP contribution in [0.3, 0.4) is 0 Å². The lowest BCUT2D eigenvalue weighted by molar-refractivity contribution is 0.233. The molecule has 0 spiro atoms. The molecule has 0 saturated carbocycles. The molecule has 2 aromatic carbocycles. The van der Waals surface area contributed by atoms with Crippen molar-refractivity contribution in [3.8, 4) is 5.75 Å². The Balaban J connectivity index is 1.96. The third-order valence-electron chi connectivity index (χ3n) is 4.47. The fourth-order valence-corrected chi connectivity index (χ4v) is 2.78. The molecule has 0 bridgehead atoms. The number of aryl methyl sites for hydroxylation is 1. The Hall–Kier alpha value is -2.49. The molecule has 4 nitrogen and oxygen atoms in total. The lowest BCUT2D eigenvalue weighted by atomic mass is 10.0. The van der Waals surface area contributed by atoms with Gasteiger partial charge in [-0.15, -0.1) is 0 Å². The zero-order valence-corrected chi connectivity index (χ0v) is 15.5. The third-order valence-corrected chi connectivity index (χ3v) is 4.47. The number of benzene rings is 2. The fourth-order valence-electron chi connectivity index (χ4n) is 2.78. The van der Waals surface area contributed by atoms with Gasteiger partial charge in [0.1, 0.15) is 5.75 Å². The largest absolute Gasteiger partial charge is 0.497 e. The van der Waals surface area contributed by atoms with E-state index < -0.39 is 0 Å². The molecule has 0 saturated heterocycles. The predicted molar refractivity (Wildman–Crippen MR) is 102 cm³/mol. The molecule has 2 amide bonds. The maximum atomic E-state index is 12.4. The number of nitrogens with one attached hydrogen (secondary N) is 2. The molecule has 2 N–H and O–H groups in total.